The molecule has 1 aromatic heterocycles. The first-order chi connectivity index (χ1) is 16.9. The molecule has 3 aromatic carbocycles. The van der Waals surface area contributed by atoms with Crippen molar-refractivity contribution in [1.29, 1.82) is 0 Å². The van der Waals surface area contributed by atoms with Crippen LogP contribution in [0, 0.1) is 19.3 Å². The minimum Gasteiger partial charge on any atom is -0.356 e. The molecule has 1 heterocycles. The Bertz CT molecular complexity index is 1420. The Hall–Kier alpha value is -4.41. The van der Waals surface area contributed by atoms with Crippen LogP contribution >= 0.6 is 0 Å². The summed E-state index contributed by atoms with van der Waals surface area (Å²) >= 11 is 0. The van der Waals surface area contributed by atoms with Crippen LogP contribution in [0.3, 0.4) is 0 Å². The third-order valence-corrected chi connectivity index (χ3v) is 5.75. The Kier molecular flexibility index (Phi) is 7.24. The first kappa shape index (κ1) is 23.7. The number of aromatic amines is 1. The molecule has 35 heavy (non-hydrogen) atoms. The number of anilines is 1. The first-order valence-corrected chi connectivity index (χ1v) is 11.3. The van der Waals surface area contributed by atoms with Gasteiger partial charge in [-0.25, -0.2) is 4.98 Å². The summed E-state index contributed by atoms with van der Waals surface area (Å²) in [5.41, 5.74) is 9.97. The number of hydrogen-bond acceptors (Lipinski definition) is 5. The molecule has 7 heteroatoms. The molecule has 0 radical (unpaired) electrons. The van der Waals surface area contributed by atoms with E-state index in [0.29, 0.717) is 41.9 Å². The number of carbonyl (C=O) groups is 1. The second kappa shape index (κ2) is 10.7. The van der Waals surface area contributed by atoms with E-state index in [1.807, 2.05) is 65.6 Å². The highest BCUT2D eigenvalue weighted by Gasteiger charge is 2.12. The first-order valence-electron chi connectivity index (χ1n) is 11.3. The van der Waals surface area contributed by atoms with Crippen LogP contribution in [0.15, 0.2) is 77.6 Å². The van der Waals surface area contributed by atoms with Crippen molar-refractivity contribution >= 4 is 22.5 Å². The average molecular weight is 466 g/mol. The zero-order valence-corrected chi connectivity index (χ0v) is 19.5. The van der Waals surface area contributed by atoms with Crippen molar-refractivity contribution in [3.8, 4) is 12.3 Å². The molecule has 1 atom stereocenters. The lowest BCUT2D eigenvalue weighted by Gasteiger charge is -2.23. The average Bonchev–Trinajstić information content (AvgIpc) is 2.87. The van der Waals surface area contributed by atoms with Crippen LogP contribution in [0.1, 0.15) is 33.4 Å². The molecule has 0 aliphatic carbocycles. The number of hydrogen-bond donors (Lipinski definition) is 3. The Morgan fingerprint density at radius 3 is 2.60 bits per heavy atom. The molecule has 0 spiro atoms. The monoisotopic (exact) mass is 465 g/mol. The maximum atomic E-state index is 12.6. The summed E-state index contributed by atoms with van der Waals surface area (Å²) in [5, 5.41) is 3.43. The van der Waals surface area contributed by atoms with Crippen molar-refractivity contribution in [2.75, 3.05) is 18.0 Å². The van der Waals surface area contributed by atoms with Crippen LogP contribution in [-0.4, -0.2) is 29.0 Å². The number of aryl methyl sites for hydroxylation is 1. The Morgan fingerprint density at radius 1 is 1.14 bits per heavy atom. The Morgan fingerprint density at radius 2 is 1.89 bits per heavy atom. The maximum Gasteiger partial charge on any atom is 0.258 e. The fraction of sp³-hybridized carbons (Fsp3) is 0.179. The summed E-state index contributed by atoms with van der Waals surface area (Å²) in [7, 11) is 0. The molecule has 0 saturated heterocycles. The molecule has 176 valence electrons. The smallest absolute Gasteiger partial charge is 0.258 e. The molecule has 0 bridgehead atoms. The van der Waals surface area contributed by atoms with Gasteiger partial charge in [0.15, 0.2) is 0 Å². The van der Waals surface area contributed by atoms with Gasteiger partial charge in [0.05, 0.1) is 17.4 Å². The zero-order valence-electron chi connectivity index (χ0n) is 19.5. The molecule has 4 aromatic rings. The minimum atomic E-state index is -0.279. The number of nitrogens with zero attached hydrogens (tertiary/aromatic N) is 2. The largest absolute Gasteiger partial charge is 0.356 e. The summed E-state index contributed by atoms with van der Waals surface area (Å²) in [4.78, 5) is 34.0. The molecule has 0 unspecified atom stereocenters. The lowest BCUT2D eigenvalue weighted by Crippen LogP contribution is -2.32. The van der Waals surface area contributed by atoms with Gasteiger partial charge in [0, 0.05) is 30.4 Å². The summed E-state index contributed by atoms with van der Waals surface area (Å²) < 4.78 is 0. The van der Waals surface area contributed by atoms with Gasteiger partial charge >= 0.3 is 0 Å². The van der Waals surface area contributed by atoms with Gasteiger partial charge in [-0.2, -0.15) is 0 Å². The van der Waals surface area contributed by atoms with E-state index in [0.717, 1.165) is 16.8 Å². The molecule has 0 saturated carbocycles. The van der Waals surface area contributed by atoms with Gasteiger partial charge < -0.3 is 20.9 Å². The van der Waals surface area contributed by atoms with Gasteiger partial charge in [0.25, 0.3) is 11.5 Å². The van der Waals surface area contributed by atoms with Crippen molar-refractivity contribution in [3.05, 3.63) is 106 Å². The van der Waals surface area contributed by atoms with Crippen LogP contribution in [0.25, 0.3) is 10.9 Å². The van der Waals surface area contributed by atoms with E-state index in [-0.39, 0.29) is 17.5 Å². The number of terminal acetylenes is 1. The minimum absolute atomic E-state index is 0.166. The predicted octanol–water partition coefficient (Wildman–Crippen LogP) is 3.30. The highest BCUT2D eigenvalue weighted by molar-refractivity contribution is 5.94. The second-order valence-electron chi connectivity index (χ2n) is 8.34. The number of fused-ring (bicyclic) bond motifs is 1. The van der Waals surface area contributed by atoms with Gasteiger partial charge in [0.1, 0.15) is 5.82 Å². The highest BCUT2D eigenvalue weighted by Crippen LogP contribution is 2.20. The maximum absolute atomic E-state index is 12.6. The van der Waals surface area contributed by atoms with Crippen LogP contribution < -0.4 is 21.5 Å². The molecular weight excluding hydrogens is 438 g/mol. The molecule has 4 N–H and O–H groups in total. The van der Waals surface area contributed by atoms with Crippen molar-refractivity contribution in [3.63, 3.8) is 0 Å². The van der Waals surface area contributed by atoms with Gasteiger partial charge in [0.2, 0.25) is 0 Å². The summed E-state index contributed by atoms with van der Waals surface area (Å²) in [6.07, 6.45) is 5.61. The third-order valence-electron chi connectivity index (χ3n) is 5.75. The highest BCUT2D eigenvalue weighted by atomic mass is 16.1. The van der Waals surface area contributed by atoms with Gasteiger partial charge in [-0.15, -0.1) is 6.42 Å². The Balaban J connectivity index is 1.45. The van der Waals surface area contributed by atoms with Crippen LogP contribution in [0.4, 0.5) is 5.69 Å². The predicted molar refractivity (Wildman–Crippen MR) is 139 cm³/mol. The van der Waals surface area contributed by atoms with Crippen molar-refractivity contribution in [2.24, 2.45) is 5.73 Å². The van der Waals surface area contributed by atoms with E-state index < -0.39 is 0 Å². The van der Waals surface area contributed by atoms with Crippen LogP contribution in [0.2, 0.25) is 0 Å². The van der Waals surface area contributed by atoms with Gasteiger partial charge in [-0.3, -0.25) is 9.59 Å². The van der Waals surface area contributed by atoms with E-state index in [4.69, 9.17) is 12.2 Å². The lowest BCUT2D eigenvalue weighted by atomic mass is 10.1. The molecule has 0 aliphatic heterocycles. The molecule has 4 rings (SSSR count). The molecular formula is C28H27N5O2. The lowest BCUT2D eigenvalue weighted by molar-refractivity contribution is 0.0951. The van der Waals surface area contributed by atoms with E-state index in [1.165, 1.54) is 0 Å². The molecule has 0 fully saturated rings. The normalized spacial score (nSPS) is 11.6. The fourth-order valence-corrected chi connectivity index (χ4v) is 3.92. The number of nitrogens with two attached hydrogens (primary N) is 1. The zero-order chi connectivity index (χ0) is 24.8. The van der Waals surface area contributed by atoms with Crippen molar-refractivity contribution in [1.82, 2.24) is 15.3 Å². The second-order valence-corrected chi connectivity index (χ2v) is 8.34. The quantitative estimate of drug-likeness (QED) is 0.347. The summed E-state index contributed by atoms with van der Waals surface area (Å²) in [5.74, 6) is 3.07. The Labute approximate surface area is 204 Å². The van der Waals surface area contributed by atoms with Crippen LogP contribution in [0.5, 0.6) is 0 Å². The number of nitrogens with one attached hydrogen (secondary N) is 2. The summed E-state index contributed by atoms with van der Waals surface area (Å²) in [6, 6.07) is 22.2. The van der Waals surface area contributed by atoms with E-state index in [9.17, 15) is 9.59 Å². The van der Waals surface area contributed by atoms with Crippen LogP contribution in [-0.2, 0) is 6.54 Å². The van der Waals surface area contributed by atoms with E-state index in [2.05, 4.69) is 21.2 Å². The van der Waals surface area contributed by atoms with Crippen molar-refractivity contribution in [2.45, 2.75) is 19.5 Å². The van der Waals surface area contributed by atoms with Gasteiger partial charge in [-0.05, 0) is 54.4 Å². The topological polar surface area (TPSA) is 104 Å². The number of H-pyrrole nitrogens is 1. The standard InChI is InChI=1S/C28H27N5O2/c1-3-15-33(18-20-9-14-26-24(16-20)28(35)32-19(2)31-26)23-12-10-22(11-13-23)27(34)30-17-25(29)21-7-5-4-6-8-21/h1,4-14,16,25H,15,17-18,29H2,2H3,(H,30,34)(H,31,32,35)/t25-/m1/s1. The van der Waals surface area contributed by atoms with Gasteiger partial charge in [-0.1, -0.05) is 42.3 Å². The number of amides is 1. The number of aromatic nitrogens is 2. The fourth-order valence-electron chi connectivity index (χ4n) is 3.92. The SMILES string of the molecule is C#CCN(Cc1ccc2nc(C)[nH]c(=O)c2c1)c1ccc(C(=O)NC[C@@H](N)c2ccccc2)cc1. The molecule has 7 nitrogen and oxygen atoms in total. The molecule has 0 aliphatic rings. The number of rotatable bonds is 8. The van der Waals surface area contributed by atoms with Crippen molar-refractivity contribution < 1.29 is 4.79 Å². The number of carbonyl (C=O) groups excluding carboxylic acids is 1. The summed E-state index contributed by atoms with van der Waals surface area (Å²) in [6.45, 7) is 2.97. The van der Waals surface area contributed by atoms with E-state index >= 15 is 0 Å². The molecule has 1 amide bonds. The number of benzene rings is 3. The third kappa shape index (κ3) is 5.75. The van der Waals surface area contributed by atoms with E-state index in [1.54, 1.807) is 19.1 Å².